The van der Waals surface area contributed by atoms with E-state index in [1.807, 2.05) is 0 Å². The van der Waals surface area contributed by atoms with Crippen LogP contribution in [0.3, 0.4) is 0 Å². The lowest BCUT2D eigenvalue weighted by Crippen LogP contribution is -1.99. The SMILES string of the molecule is CS(=O)(=O)c1ccc(-c2nc(-c3ccc(F)cc3)oc2Br)cn1. The van der Waals surface area contributed by atoms with Gasteiger partial charge in [-0.1, -0.05) is 0 Å². The van der Waals surface area contributed by atoms with Gasteiger partial charge in [-0.25, -0.2) is 22.8 Å². The van der Waals surface area contributed by atoms with Crippen molar-refractivity contribution in [2.24, 2.45) is 0 Å². The van der Waals surface area contributed by atoms with Crippen molar-refractivity contribution >= 4 is 25.8 Å². The molecule has 118 valence electrons. The first kappa shape index (κ1) is 15.8. The highest BCUT2D eigenvalue weighted by Gasteiger charge is 2.16. The molecule has 3 rings (SSSR count). The van der Waals surface area contributed by atoms with Gasteiger partial charge >= 0.3 is 0 Å². The molecule has 5 nitrogen and oxygen atoms in total. The Morgan fingerprint density at radius 3 is 2.30 bits per heavy atom. The third-order valence-corrected chi connectivity index (χ3v) is 4.61. The van der Waals surface area contributed by atoms with Gasteiger partial charge < -0.3 is 4.42 Å². The van der Waals surface area contributed by atoms with Crippen LogP contribution in [0, 0.1) is 5.82 Å². The molecule has 1 aromatic carbocycles. The number of hydrogen-bond acceptors (Lipinski definition) is 5. The molecule has 0 aliphatic rings. The fourth-order valence-electron chi connectivity index (χ4n) is 1.94. The molecule has 0 saturated heterocycles. The first-order chi connectivity index (χ1) is 10.8. The second-order valence-corrected chi connectivity index (χ2v) is 7.49. The van der Waals surface area contributed by atoms with Crippen molar-refractivity contribution in [3.63, 3.8) is 0 Å². The summed E-state index contributed by atoms with van der Waals surface area (Å²) in [6.45, 7) is 0. The standard InChI is InChI=1S/C15H10BrFN2O3S/c1-23(20,21)12-7-4-10(8-18-12)13-14(16)22-15(19-13)9-2-5-11(17)6-3-9/h2-8H,1H3. The van der Waals surface area contributed by atoms with E-state index in [1.54, 1.807) is 18.2 Å². The van der Waals surface area contributed by atoms with Crippen LogP contribution in [0.5, 0.6) is 0 Å². The molecule has 23 heavy (non-hydrogen) atoms. The zero-order valence-electron chi connectivity index (χ0n) is 11.8. The molecule has 0 spiro atoms. The number of sulfone groups is 1. The molecule has 0 unspecified atom stereocenters. The maximum atomic E-state index is 13.0. The largest absolute Gasteiger partial charge is 0.429 e. The molecule has 0 fully saturated rings. The van der Waals surface area contributed by atoms with Gasteiger partial charge in [-0.3, -0.25) is 0 Å². The Morgan fingerprint density at radius 1 is 1.09 bits per heavy atom. The first-order valence-corrected chi connectivity index (χ1v) is 9.12. The highest BCUT2D eigenvalue weighted by molar-refractivity contribution is 9.10. The molecule has 2 heterocycles. The van der Waals surface area contributed by atoms with E-state index < -0.39 is 9.84 Å². The average molecular weight is 397 g/mol. The summed E-state index contributed by atoms with van der Waals surface area (Å²) in [4.78, 5) is 8.27. The summed E-state index contributed by atoms with van der Waals surface area (Å²) >= 11 is 3.27. The van der Waals surface area contributed by atoms with Crippen molar-refractivity contribution in [3.05, 3.63) is 53.1 Å². The third-order valence-electron chi connectivity index (χ3n) is 3.07. The van der Waals surface area contributed by atoms with Crippen LogP contribution in [0.15, 0.2) is 56.7 Å². The molecule has 8 heteroatoms. The van der Waals surface area contributed by atoms with Gasteiger partial charge in [-0.15, -0.1) is 0 Å². The Labute approximate surface area is 140 Å². The maximum absolute atomic E-state index is 13.0. The average Bonchev–Trinajstić information content (AvgIpc) is 2.89. The summed E-state index contributed by atoms with van der Waals surface area (Å²) in [6.07, 6.45) is 2.50. The zero-order valence-corrected chi connectivity index (χ0v) is 14.2. The molecule has 2 aromatic heterocycles. The number of benzene rings is 1. The smallest absolute Gasteiger partial charge is 0.228 e. The topological polar surface area (TPSA) is 73.1 Å². The van der Waals surface area contributed by atoms with E-state index in [0.29, 0.717) is 27.4 Å². The Balaban J connectivity index is 1.99. The van der Waals surface area contributed by atoms with E-state index in [1.165, 1.54) is 24.4 Å². The summed E-state index contributed by atoms with van der Waals surface area (Å²) in [5.74, 6) is -0.0285. The number of rotatable bonds is 3. The van der Waals surface area contributed by atoms with Crippen LogP contribution >= 0.6 is 15.9 Å². The van der Waals surface area contributed by atoms with Gasteiger partial charge in [-0.05, 0) is 52.3 Å². The van der Waals surface area contributed by atoms with Gasteiger partial charge in [0.2, 0.25) is 5.89 Å². The third kappa shape index (κ3) is 3.32. The van der Waals surface area contributed by atoms with E-state index in [0.717, 1.165) is 6.26 Å². The second-order valence-electron chi connectivity index (χ2n) is 4.81. The van der Waals surface area contributed by atoms with Gasteiger partial charge in [0.05, 0.1) is 0 Å². The number of hydrogen-bond donors (Lipinski definition) is 0. The minimum absolute atomic E-state index is 0.0142. The number of aromatic nitrogens is 2. The second kappa shape index (κ2) is 5.86. The summed E-state index contributed by atoms with van der Waals surface area (Å²) < 4.78 is 41.7. The van der Waals surface area contributed by atoms with Gasteiger partial charge in [-0.2, -0.15) is 0 Å². The van der Waals surface area contributed by atoms with Crippen LogP contribution in [0.4, 0.5) is 4.39 Å². The minimum Gasteiger partial charge on any atom is -0.429 e. The highest BCUT2D eigenvalue weighted by atomic mass is 79.9. The van der Waals surface area contributed by atoms with E-state index in [9.17, 15) is 12.8 Å². The van der Waals surface area contributed by atoms with Crippen LogP contribution in [0.25, 0.3) is 22.7 Å². The lowest BCUT2D eigenvalue weighted by atomic mass is 10.2. The molecule has 0 bridgehead atoms. The lowest BCUT2D eigenvalue weighted by Gasteiger charge is -1.99. The van der Waals surface area contributed by atoms with Crippen molar-refractivity contribution < 1.29 is 17.2 Å². The molecule has 0 aliphatic carbocycles. The molecule has 0 aliphatic heterocycles. The quantitative estimate of drug-likeness (QED) is 0.674. The van der Waals surface area contributed by atoms with Gasteiger partial charge in [0.1, 0.15) is 11.5 Å². The Hall–Kier alpha value is -2.06. The summed E-state index contributed by atoms with van der Waals surface area (Å²) in [5.41, 5.74) is 1.71. The van der Waals surface area contributed by atoms with Gasteiger partial charge in [0, 0.05) is 23.6 Å². The molecular weight excluding hydrogens is 387 g/mol. The minimum atomic E-state index is -3.36. The zero-order chi connectivity index (χ0) is 16.6. The number of halogens is 2. The highest BCUT2D eigenvalue weighted by Crippen LogP contribution is 2.32. The van der Waals surface area contributed by atoms with Crippen molar-refractivity contribution in [2.75, 3.05) is 6.26 Å². The molecule has 0 radical (unpaired) electrons. The summed E-state index contributed by atoms with van der Waals surface area (Å²) in [7, 11) is -3.36. The predicted octanol–water partition coefficient (Wildman–Crippen LogP) is 3.71. The van der Waals surface area contributed by atoms with Crippen molar-refractivity contribution in [1.82, 2.24) is 9.97 Å². The van der Waals surface area contributed by atoms with Crippen molar-refractivity contribution in [2.45, 2.75) is 5.03 Å². The molecule has 3 aromatic rings. The van der Waals surface area contributed by atoms with Crippen LogP contribution in [0.1, 0.15) is 0 Å². The van der Waals surface area contributed by atoms with E-state index in [-0.39, 0.29) is 10.8 Å². The number of pyridine rings is 1. The molecule has 0 saturated carbocycles. The Kier molecular flexibility index (Phi) is 4.03. The first-order valence-electron chi connectivity index (χ1n) is 6.43. The molecular formula is C15H10BrFN2O3S. The maximum Gasteiger partial charge on any atom is 0.228 e. The Morgan fingerprint density at radius 2 is 1.74 bits per heavy atom. The molecule has 0 N–H and O–H groups in total. The van der Waals surface area contributed by atoms with Crippen LogP contribution in [-0.4, -0.2) is 24.6 Å². The van der Waals surface area contributed by atoms with E-state index in [4.69, 9.17) is 4.42 Å². The number of nitrogens with zero attached hydrogens (tertiary/aromatic N) is 2. The Bertz CT molecular complexity index is 951. The van der Waals surface area contributed by atoms with Crippen molar-refractivity contribution in [3.8, 4) is 22.7 Å². The fourth-order valence-corrected chi connectivity index (χ4v) is 2.97. The molecule has 0 atom stereocenters. The number of oxazole rings is 1. The lowest BCUT2D eigenvalue weighted by molar-refractivity contribution is 0.549. The predicted molar refractivity (Wildman–Crippen MR) is 85.9 cm³/mol. The van der Waals surface area contributed by atoms with Crippen LogP contribution < -0.4 is 0 Å². The summed E-state index contributed by atoms with van der Waals surface area (Å²) in [5, 5.41) is -0.0142. The van der Waals surface area contributed by atoms with Crippen LogP contribution in [0.2, 0.25) is 0 Å². The normalized spacial score (nSPS) is 11.6. The van der Waals surface area contributed by atoms with Crippen LogP contribution in [-0.2, 0) is 9.84 Å². The van der Waals surface area contributed by atoms with Crippen molar-refractivity contribution in [1.29, 1.82) is 0 Å². The van der Waals surface area contributed by atoms with E-state index in [2.05, 4.69) is 25.9 Å². The molecule has 0 amide bonds. The monoisotopic (exact) mass is 396 g/mol. The fraction of sp³-hybridized carbons (Fsp3) is 0.0667. The van der Waals surface area contributed by atoms with Gasteiger partial charge in [0.25, 0.3) is 0 Å². The van der Waals surface area contributed by atoms with Gasteiger partial charge in [0.15, 0.2) is 19.5 Å². The van der Waals surface area contributed by atoms with E-state index >= 15 is 0 Å². The summed E-state index contributed by atoms with van der Waals surface area (Å²) in [6, 6.07) is 8.75.